The Bertz CT molecular complexity index is 1360. The van der Waals surface area contributed by atoms with Gasteiger partial charge in [0, 0.05) is 22.5 Å². The molecule has 4 aromatic rings. The van der Waals surface area contributed by atoms with E-state index in [-0.39, 0.29) is 11.6 Å². The van der Waals surface area contributed by atoms with Crippen molar-refractivity contribution in [1.82, 2.24) is 9.97 Å². The molecule has 0 aliphatic carbocycles. The number of alkyl halides is 3. The van der Waals surface area contributed by atoms with Crippen LogP contribution in [-0.2, 0) is 6.18 Å². The summed E-state index contributed by atoms with van der Waals surface area (Å²) in [5.74, 6) is -0.0783. The number of nitrogens with one attached hydrogen (secondary N) is 2. The molecule has 1 unspecified atom stereocenters. The number of carbonyl (C=O) groups is 1. The fourth-order valence-electron chi connectivity index (χ4n) is 3.50. The van der Waals surface area contributed by atoms with Gasteiger partial charge in [0.1, 0.15) is 5.82 Å². The first-order chi connectivity index (χ1) is 16.7. The minimum Gasteiger partial charge on any atom is -0.399 e. The lowest BCUT2D eigenvalue weighted by Gasteiger charge is -2.17. The van der Waals surface area contributed by atoms with Crippen molar-refractivity contribution in [3.63, 3.8) is 0 Å². The largest absolute Gasteiger partial charge is 0.416 e. The van der Waals surface area contributed by atoms with E-state index in [1.54, 1.807) is 36.7 Å². The quantitative estimate of drug-likeness (QED) is 0.289. The molecule has 0 spiro atoms. The Hall–Kier alpha value is -4.40. The number of nitrogens with two attached hydrogens (primary N) is 1. The summed E-state index contributed by atoms with van der Waals surface area (Å²) in [6.45, 7) is 1.92. The predicted molar refractivity (Wildman–Crippen MR) is 130 cm³/mol. The van der Waals surface area contributed by atoms with Crippen molar-refractivity contribution < 1.29 is 18.0 Å². The number of rotatable bonds is 6. The molecule has 1 aromatic heterocycles. The van der Waals surface area contributed by atoms with Crippen LogP contribution in [-0.4, -0.2) is 15.9 Å². The Labute approximate surface area is 200 Å². The second-order valence-electron chi connectivity index (χ2n) is 7.94. The highest BCUT2D eigenvalue weighted by atomic mass is 19.4. The maximum Gasteiger partial charge on any atom is 0.416 e. The van der Waals surface area contributed by atoms with Crippen LogP contribution < -0.4 is 16.4 Å². The summed E-state index contributed by atoms with van der Waals surface area (Å²) in [7, 11) is 0. The molecule has 1 amide bonds. The van der Waals surface area contributed by atoms with Crippen molar-refractivity contribution >= 4 is 23.1 Å². The van der Waals surface area contributed by atoms with Crippen LogP contribution in [0.5, 0.6) is 0 Å². The van der Waals surface area contributed by atoms with Crippen LogP contribution in [0.15, 0.2) is 85.2 Å². The van der Waals surface area contributed by atoms with Crippen LogP contribution in [0.4, 0.5) is 30.4 Å². The number of halogens is 3. The monoisotopic (exact) mass is 477 g/mol. The molecule has 4 rings (SSSR count). The van der Waals surface area contributed by atoms with Crippen molar-refractivity contribution in [3.05, 3.63) is 102 Å². The number of hydrogen-bond donors (Lipinski definition) is 3. The highest BCUT2D eigenvalue weighted by molar-refractivity contribution is 6.04. The molecule has 0 saturated carbocycles. The third-order valence-corrected chi connectivity index (χ3v) is 5.28. The average Bonchev–Trinajstić information content (AvgIpc) is 2.84. The minimum atomic E-state index is -4.52. The Morgan fingerprint density at radius 2 is 1.74 bits per heavy atom. The smallest absolute Gasteiger partial charge is 0.399 e. The molecule has 0 radical (unpaired) electrons. The summed E-state index contributed by atoms with van der Waals surface area (Å²) in [5.41, 5.74) is 8.33. The van der Waals surface area contributed by atoms with Crippen molar-refractivity contribution in [3.8, 4) is 11.3 Å². The van der Waals surface area contributed by atoms with Crippen LogP contribution in [0, 0.1) is 0 Å². The fourth-order valence-corrected chi connectivity index (χ4v) is 3.50. The maximum atomic E-state index is 13.0. The first-order valence-electron chi connectivity index (χ1n) is 10.7. The SMILES string of the molecule is CC(Nc1cncc(-c2cccc(N)c2)n1)c1cccc(NC(=O)c2cccc(C(F)(F)F)c2)c1. The van der Waals surface area contributed by atoms with E-state index in [1.807, 2.05) is 31.2 Å². The summed E-state index contributed by atoms with van der Waals surface area (Å²) >= 11 is 0. The molecule has 1 heterocycles. The summed E-state index contributed by atoms with van der Waals surface area (Å²) in [4.78, 5) is 21.4. The van der Waals surface area contributed by atoms with Gasteiger partial charge in [-0.3, -0.25) is 9.78 Å². The fraction of sp³-hybridized carbons (Fsp3) is 0.115. The van der Waals surface area contributed by atoms with E-state index < -0.39 is 17.6 Å². The van der Waals surface area contributed by atoms with Crippen LogP contribution >= 0.6 is 0 Å². The van der Waals surface area contributed by atoms with Crippen LogP contribution in [0.25, 0.3) is 11.3 Å². The third-order valence-electron chi connectivity index (χ3n) is 5.28. The van der Waals surface area contributed by atoms with Gasteiger partial charge in [0.15, 0.2) is 0 Å². The Morgan fingerprint density at radius 1 is 0.971 bits per heavy atom. The molecule has 6 nitrogen and oxygen atoms in total. The van der Waals surface area contributed by atoms with Crippen LogP contribution in [0.1, 0.15) is 34.5 Å². The molecule has 3 aromatic carbocycles. The summed E-state index contributed by atoms with van der Waals surface area (Å²) < 4.78 is 38.9. The second-order valence-corrected chi connectivity index (χ2v) is 7.94. The molecule has 0 saturated heterocycles. The van der Waals surface area contributed by atoms with Crippen molar-refractivity contribution in [1.29, 1.82) is 0 Å². The molecule has 0 aliphatic heterocycles. The zero-order chi connectivity index (χ0) is 25.0. The second kappa shape index (κ2) is 9.84. The summed E-state index contributed by atoms with van der Waals surface area (Å²) in [6.07, 6.45) is -1.27. The Balaban J connectivity index is 1.47. The lowest BCUT2D eigenvalue weighted by Crippen LogP contribution is -2.14. The van der Waals surface area contributed by atoms with Gasteiger partial charge in [0.2, 0.25) is 0 Å². The highest BCUT2D eigenvalue weighted by Gasteiger charge is 2.30. The van der Waals surface area contributed by atoms with E-state index in [2.05, 4.69) is 20.6 Å². The summed E-state index contributed by atoms with van der Waals surface area (Å²) in [5, 5.41) is 5.93. The molecule has 9 heteroatoms. The minimum absolute atomic E-state index is 0.0787. The molecule has 0 aliphatic rings. The third kappa shape index (κ3) is 5.94. The number of aromatic nitrogens is 2. The first-order valence-corrected chi connectivity index (χ1v) is 10.7. The van der Waals surface area contributed by atoms with Crippen molar-refractivity contribution in [2.75, 3.05) is 16.4 Å². The molecule has 178 valence electrons. The normalized spacial score (nSPS) is 12.1. The van der Waals surface area contributed by atoms with Gasteiger partial charge in [0.25, 0.3) is 5.91 Å². The molecular formula is C26H22F3N5O. The van der Waals surface area contributed by atoms with Gasteiger partial charge in [-0.25, -0.2) is 4.98 Å². The Kier molecular flexibility index (Phi) is 6.68. The van der Waals surface area contributed by atoms with Gasteiger partial charge in [-0.1, -0.05) is 30.3 Å². The number of hydrogen-bond acceptors (Lipinski definition) is 5. The topological polar surface area (TPSA) is 92.9 Å². The number of anilines is 3. The van der Waals surface area contributed by atoms with Crippen LogP contribution in [0.2, 0.25) is 0 Å². The van der Waals surface area contributed by atoms with E-state index in [9.17, 15) is 18.0 Å². The van der Waals surface area contributed by atoms with E-state index in [1.165, 1.54) is 12.1 Å². The van der Waals surface area contributed by atoms with Gasteiger partial charge in [-0.2, -0.15) is 13.2 Å². The first kappa shape index (κ1) is 23.7. The average molecular weight is 477 g/mol. The molecule has 4 N–H and O–H groups in total. The van der Waals surface area contributed by atoms with Gasteiger partial charge in [0.05, 0.1) is 29.7 Å². The van der Waals surface area contributed by atoms with Crippen molar-refractivity contribution in [2.24, 2.45) is 0 Å². The molecule has 35 heavy (non-hydrogen) atoms. The molecule has 1 atom stereocenters. The number of nitrogens with zero attached hydrogens (tertiary/aromatic N) is 2. The molecular weight excluding hydrogens is 455 g/mol. The zero-order valence-corrected chi connectivity index (χ0v) is 18.7. The van der Waals surface area contributed by atoms with Gasteiger partial charge in [-0.15, -0.1) is 0 Å². The maximum absolute atomic E-state index is 13.0. The zero-order valence-electron chi connectivity index (χ0n) is 18.7. The predicted octanol–water partition coefficient (Wildman–Crippen LogP) is 6.17. The van der Waals surface area contributed by atoms with E-state index >= 15 is 0 Å². The lowest BCUT2D eigenvalue weighted by atomic mass is 10.1. The molecule has 0 bridgehead atoms. The number of amides is 1. The highest BCUT2D eigenvalue weighted by Crippen LogP contribution is 2.30. The van der Waals surface area contributed by atoms with Gasteiger partial charge < -0.3 is 16.4 Å². The van der Waals surface area contributed by atoms with E-state index in [0.29, 0.717) is 22.9 Å². The number of nitrogen functional groups attached to an aromatic ring is 1. The van der Waals surface area contributed by atoms with Gasteiger partial charge in [-0.05, 0) is 55.0 Å². The standard InChI is InChI=1S/C26H22F3N5O/c1-16(32-24-15-31-14-23(34-24)18-6-3-9-21(30)12-18)17-5-4-10-22(13-17)33-25(35)19-7-2-8-20(11-19)26(27,28)29/h2-16H,30H2,1H3,(H,32,34)(H,33,35). The van der Waals surface area contributed by atoms with E-state index in [4.69, 9.17) is 5.73 Å². The van der Waals surface area contributed by atoms with Crippen molar-refractivity contribution in [2.45, 2.75) is 19.1 Å². The van der Waals surface area contributed by atoms with Crippen LogP contribution in [0.3, 0.4) is 0 Å². The van der Waals surface area contributed by atoms with Gasteiger partial charge >= 0.3 is 6.18 Å². The summed E-state index contributed by atoms with van der Waals surface area (Å²) in [6, 6.07) is 18.5. The lowest BCUT2D eigenvalue weighted by molar-refractivity contribution is -0.137. The Morgan fingerprint density at radius 3 is 2.51 bits per heavy atom. The van der Waals surface area contributed by atoms with E-state index in [0.717, 1.165) is 23.3 Å². The number of benzene rings is 3. The number of carbonyl (C=O) groups excluding carboxylic acids is 1. The molecule has 0 fully saturated rings.